The molecule has 1 fully saturated rings. The van der Waals surface area contributed by atoms with Gasteiger partial charge in [-0.2, -0.15) is 0 Å². The molecule has 0 unspecified atom stereocenters. The predicted octanol–water partition coefficient (Wildman–Crippen LogP) is 4.60. The third-order valence-corrected chi connectivity index (χ3v) is 6.55. The number of Topliss-reactive ketones (excluding diaryl/α,β-unsaturated/α-hetero) is 1. The van der Waals surface area contributed by atoms with E-state index in [0.717, 1.165) is 16.5 Å². The molecule has 0 radical (unpaired) electrons. The molecule has 1 aromatic carbocycles. The molecule has 1 aliphatic rings. The van der Waals surface area contributed by atoms with Crippen LogP contribution in [-0.2, 0) is 4.79 Å². The number of carbonyl (C=O) groups is 1. The number of aliphatic imine (C=N–C) groups is 1. The smallest absolute Gasteiger partial charge is 0.203 e. The van der Waals surface area contributed by atoms with Crippen LogP contribution in [0.1, 0.15) is 12.8 Å². The number of nitrogens with one attached hydrogen (secondary N) is 1. The Labute approximate surface area is 190 Å². The lowest BCUT2D eigenvalue weighted by atomic mass is 9.92. The number of ketones is 1. The van der Waals surface area contributed by atoms with Gasteiger partial charge in [0.2, 0.25) is 5.78 Å². The summed E-state index contributed by atoms with van der Waals surface area (Å²) in [4.78, 5) is 28.2. The van der Waals surface area contributed by atoms with Gasteiger partial charge in [0.15, 0.2) is 11.0 Å². The zero-order chi connectivity index (χ0) is 21.8. The quantitative estimate of drug-likeness (QED) is 0.300. The monoisotopic (exact) mass is 503 g/mol. The Balaban J connectivity index is 1.41. The number of rotatable bonds is 5. The number of halogens is 2. The minimum absolute atomic E-state index is 0.149. The molecule has 1 aliphatic heterocycles. The van der Waals surface area contributed by atoms with Crippen molar-refractivity contribution in [2.75, 3.05) is 18.0 Å². The molecular weight excluding hydrogens is 485 g/mol. The molecule has 10 heteroatoms. The molecule has 4 rings (SSSR count). The molecule has 0 amide bonds. The van der Waals surface area contributed by atoms with E-state index in [1.807, 2.05) is 29.1 Å². The number of hydrogen-bond donors (Lipinski definition) is 2. The van der Waals surface area contributed by atoms with E-state index in [4.69, 9.17) is 0 Å². The van der Waals surface area contributed by atoms with Crippen LogP contribution in [0.5, 0.6) is 0 Å². The Bertz CT molecular complexity index is 1100. The maximum Gasteiger partial charge on any atom is 0.203 e. The standard InChI is InChI=1S/C21H19BrFN5O2S/c22-15-11-14(4-5-16(15)23)25-20(27-30)19(29)13-6-9-28(10-7-13)21-26-18(12-31-21)17-3-1-2-8-24-17/h1-5,8,11-13,30H,6-7,9-10H2,(H,25,27). The first-order valence-electron chi connectivity index (χ1n) is 9.65. The first kappa shape index (κ1) is 21.5. The molecule has 2 N–H and O–H groups in total. The van der Waals surface area contributed by atoms with E-state index in [0.29, 0.717) is 31.6 Å². The third kappa shape index (κ3) is 4.97. The van der Waals surface area contributed by atoms with Crippen LogP contribution < -0.4 is 10.4 Å². The molecule has 1 saturated heterocycles. The molecule has 0 spiro atoms. The summed E-state index contributed by atoms with van der Waals surface area (Å²) in [6.07, 6.45) is 2.97. The highest BCUT2D eigenvalue weighted by atomic mass is 79.9. The number of thiazole rings is 1. The number of hydroxylamine groups is 1. The highest BCUT2D eigenvalue weighted by molar-refractivity contribution is 9.10. The lowest BCUT2D eigenvalue weighted by Crippen LogP contribution is -2.41. The molecule has 3 heterocycles. The molecule has 160 valence electrons. The molecule has 0 bridgehead atoms. The second-order valence-electron chi connectivity index (χ2n) is 7.03. The van der Waals surface area contributed by atoms with Crippen molar-refractivity contribution in [3.8, 4) is 11.4 Å². The fourth-order valence-corrected chi connectivity index (χ4v) is 4.63. The van der Waals surface area contributed by atoms with E-state index in [1.54, 1.807) is 17.5 Å². The van der Waals surface area contributed by atoms with E-state index in [2.05, 4.69) is 35.8 Å². The molecule has 0 saturated carbocycles. The van der Waals surface area contributed by atoms with Gasteiger partial charge in [-0.05, 0) is 59.1 Å². The summed E-state index contributed by atoms with van der Waals surface area (Å²) in [6, 6.07) is 9.85. The summed E-state index contributed by atoms with van der Waals surface area (Å²) in [5.41, 5.74) is 3.94. The first-order valence-corrected chi connectivity index (χ1v) is 11.3. The average Bonchev–Trinajstić information content (AvgIpc) is 3.30. The highest BCUT2D eigenvalue weighted by Gasteiger charge is 2.29. The highest BCUT2D eigenvalue weighted by Crippen LogP contribution is 2.30. The summed E-state index contributed by atoms with van der Waals surface area (Å²) in [5, 5.41) is 12.3. The SMILES string of the molecule is O=C(C(=Nc1ccc(F)c(Br)c1)NO)C1CCN(c2nc(-c3ccccn3)cs2)CC1. The Kier molecular flexibility index (Phi) is 6.69. The Hall–Kier alpha value is -2.69. The van der Waals surface area contributed by atoms with Gasteiger partial charge in [-0.1, -0.05) is 6.07 Å². The summed E-state index contributed by atoms with van der Waals surface area (Å²) < 4.78 is 13.6. The van der Waals surface area contributed by atoms with Gasteiger partial charge in [-0.25, -0.2) is 19.8 Å². The zero-order valence-corrected chi connectivity index (χ0v) is 18.7. The van der Waals surface area contributed by atoms with Crippen LogP contribution in [0.15, 0.2) is 57.4 Å². The number of carbonyl (C=O) groups excluding carboxylic acids is 1. The van der Waals surface area contributed by atoms with Crippen molar-refractivity contribution in [2.24, 2.45) is 10.9 Å². The van der Waals surface area contributed by atoms with Gasteiger partial charge < -0.3 is 4.90 Å². The largest absolute Gasteiger partial charge is 0.348 e. The number of hydrogen-bond acceptors (Lipinski definition) is 7. The van der Waals surface area contributed by atoms with Crippen molar-refractivity contribution in [1.82, 2.24) is 15.4 Å². The van der Waals surface area contributed by atoms with Crippen molar-refractivity contribution >= 4 is 49.7 Å². The topological polar surface area (TPSA) is 90.7 Å². The normalized spacial score (nSPS) is 15.2. The number of anilines is 1. The van der Waals surface area contributed by atoms with Gasteiger partial charge in [0.05, 0.1) is 15.9 Å². The number of nitrogens with zero attached hydrogens (tertiary/aromatic N) is 4. The van der Waals surface area contributed by atoms with Gasteiger partial charge >= 0.3 is 0 Å². The van der Waals surface area contributed by atoms with Crippen LogP contribution in [0.4, 0.5) is 15.2 Å². The minimum Gasteiger partial charge on any atom is -0.348 e. The second-order valence-corrected chi connectivity index (χ2v) is 8.72. The van der Waals surface area contributed by atoms with E-state index >= 15 is 0 Å². The number of pyridine rings is 1. The Morgan fingerprint density at radius 1 is 1.26 bits per heavy atom. The molecule has 0 aliphatic carbocycles. The second kappa shape index (κ2) is 9.63. The number of amidine groups is 1. The van der Waals surface area contributed by atoms with Crippen LogP contribution in [0.3, 0.4) is 0 Å². The summed E-state index contributed by atoms with van der Waals surface area (Å²) in [7, 11) is 0. The predicted molar refractivity (Wildman–Crippen MR) is 121 cm³/mol. The molecular formula is C21H19BrFN5O2S. The maximum absolute atomic E-state index is 13.4. The zero-order valence-electron chi connectivity index (χ0n) is 16.3. The fourth-order valence-electron chi connectivity index (χ4n) is 3.39. The molecule has 31 heavy (non-hydrogen) atoms. The van der Waals surface area contributed by atoms with Crippen LogP contribution in [-0.4, -0.2) is 39.9 Å². The van der Waals surface area contributed by atoms with Crippen molar-refractivity contribution < 1.29 is 14.4 Å². The minimum atomic E-state index is -0.426. The number of benzene rings is 1. The van der Waals surface area contributed by atoms with Gasteiger partial charge in [-0.3, -0.25) is 15.0 Å². The van der Waals surface area contributed by atoms with Crippen LogP contribution >= 0.6 is 27.3 Å². The van der Waals surface area contributed by atoms with Crippen molar-refractivity contribution in [1.29, 1.82) is 0 Å². The Morgan fingerprint density at radius 2 is 2.06 bits per heavy atom. The van der Waals surface area contributed by atoms with Gasteiger partial charge in [0.1, 0.15) is 11.5 Å². The molecule has 2 aromatic heterocycles. The fraction of sp³-hybridized carbons (Fsp3) is 0.238. The van der Waals surface area contributed by atoms with Crippen LogP contribution in [0.2, 0.25) is 0 Å². The molecule has 3 aromatic rings. The average molecular weight is 504 g/mol. The van der Waals surface area contributed by atoms with Crippen LogP contribution in [0.25, 0.3) is 11.4 Å². The third-order valence-electron chi connectivity index (χ3n) is 5.04. The first-order chi connectivity index (χ1) is 15.0. The Morgan fingerprint density at radius 3 is 2.74 bits per heavy atom. The summed E-state index contributed by atoms with van der Waals surface area (Å²) >= 11 is 4.64. The summed E-state index contributed by atoms with van der Waals surface area (Å²) in [5.74, 6) is -1.11. The number of aromatic nitrogens is 2. The van der Waals surface area contributed by atoms with Crippen molar-refractivity contribution in [3.05, 3.63) is 58.3 Å². The lowest BCUT2D eigenvalue weighted by Gasteiger charge is -2.31. The van der Waals surface area contributed by atoms with Gasteiger partial charge in [-0.15, -0.1) is 11.3 Å². The van der Waals surface area contributed by atoms with E-state index in [9.17, 15) is 14.4 Å². The van der Waals surface area contributed by atoms with Crippen molar-refractivity contribution in [3.63, 3.8) is 0 Å². The van der Waals surface area contributed by atoms with E-state index < -0.39 is 5.82 Å². The lowest BCUT2D eigenvalue weighted by molar-refractivity contribution is -0.117. The van der Waals surface area contributed by atoms with E-state index in [1.165, 1.54) is 18.2 Å². The van der Waals surface area contributed by atoms with Crippen LogP contribution in [0, 0.1) is 11.7 Å². The van der Waals surface area contributed by atoms with Crippen molar-refractivity contribution in [2.45, 2.75) is 12.8 Å². The van der Waals surface area contributed by atoms with Gasteiger partial charge in [0, 0.05) is 30.6 Å². The van der Waals surface area contributed by atoms with E-state index in [-0.39, 0.29) is 22.0 Å². The molecule has 0 atom stereocenters. The van der Waals surface area contributed by atoms with Gasteiger partial charge in [0.25, 0.3) is 0 Å². The molecule has 7 nitrogen and oxygen atoms in total. The summed E-state index contributed by atoms with van der Waals surface area (Å²) in [6.45, 7) is 1.35. The number of piperidine rings is 1. The maximum atomic E-state index is 13.4.